The van der Waals surface area contributed by atoms with Crippen LogP contribution < -0.4 is 11.1 Å². The van der Waals surface area contributed by atoms with Gasteiger partial charge in [0.05, 0.1) is 62.9 Å². The number of carbonyl (C=O) groups is 2. The third-order valence-corrected chi connectivity index (χ3v) is 13.0. The van der Waals surface area contributed by atoms with E-state index in [1.807, 2.05) is 194 Å². The van der Waals surface area contributed by atoms with Crippen LogP contribution in [-0.4, -0.2) is 102 Å². The molecule has 0 fully saturated rings. The van der Waals surface area contributed by atoms with E-state index in [9.17, 15) is 9.59 Å². The number of amides is 1. The smallest absolute Gasteiger partial charge is 0.308 e. The zero-order valence-corrected chi connectivity index (χ0v) is 61.4. The molecule has 5 aromatic carbocycles. The molecule has 2 atom stereocenters. The van der Waals surface area contributed by atoms with Crippen molar-refractivity contribution in [2.45, 2.75) is 129 Å². The Balaban J connectivity index is -0.000000948. The summed E-state index contributed by atoms with van der Waals surface area (Å²) < 4.78 is 10.4. The molecule has 17 nitrogen and oxygen atoms in total. The zero-order chi connectivity index (χ0) is 65.3. The van der Waals surface area contributed by atoms with Gasteiger partial charge >= 0.3 is 5.97 Å². The first-order valence-electron chi connectivity index (χ1n) is 29.7. The predicted molar refractivity (Wildman–Crippen MR) is 372 cm³/mol. The Morgan fingerprint density at radius 3 is 1.22 bits per heavy atom. The number of halogens is 1. The molecule has 0 bridgehead atoms. The number of hydrogen-bond donors (Lipinski definition) is 5. The third-order valence-electron chi connectivity index (χ3n) is 12.4. The van der Waals surface area contributed by atoms with Crippen molar-refractivity contribution in [1.29, 1.82) is 0 Å². The van der Waals surface area contributed by atoms with Gasteiger partial charge in [-0.05, 0) is 99.3 Å². The van der Waals surface area contributed by atoms with Crippen molar-refractivity contribution in [3.63, 3.8) is 0 Å². The fraction of sp³-hybridized carbons (Fsp3) is 0.406. The molecule has 0 saturated heterocycles. The number of carboxylic acids is 1. The topological polar surface area (TPSA) is 222 Å². The Kier molecular flexibility index (Phi) is 48.3. The first-order valence-corrected chi connectivity index (χ1v) is 30.5. The van der Waals surface area contributed by atoms with Gasteiger partial charge in [-0.2, -0.15) is 25.5 Å². The molecule has 10 rings (SSSR count). The number of carboxylic acid groups (broad SMARTS) is 1. The van der Waals surface area contributed by atoms with Gasteiger partial charge < -0.3 is 26.4 Å². The number of rotatable bonds is 12. The molecule has 88 heavy (non-hydrogen) atoms. The number of para-hydroxylation sites is 5. The van der Waals surface area contributed by atoms with Crippen LogP contribution in [0, 0.1) is 56.9 Å². The van der Waals surface area contributed by atoms with Crippen molar-refractivity contribution < 1.29 is 69.0 Å². The first-order chi connectivity index (χ1) is 41.4. The summed E-state index contributed by atoms with van der Waals surface area (Å²) in [5, 5.41) is 55.5. The number of nitrogens with zero attached hydrogens (tertiary/aromatic N) is 10. The molecule has 5 aromatic heterocycles. The van der Waals surface area contributed by atoms with E-state index in [0.29, 0.717) is 0 Å². The van der Waals surface area contributed by atoms with E-state index in [2.05, 4.69) is 114 Å². The van der Waals surface area contributed by atoms with Gasteiger partial charge in [-0.1, -0.05) is 166 Å². The number of benzene rings is 5. The van der Waals surface area contributed by atoms with E-state index >= 15 is 0 Å². The number of hydrogen-bond acceptors (Lipinski definition) is 10. The molecule has 5 heterocycles. The largest absolute Gasteiger partial charge is 0.481 e. The molecule has 1 amide bonds. The molecule has 0 spiro atoms. The number of aliphatic hydroxyl groups is 2. The quantitative estimate of drug-likeness (QED) is 0.0724. The fourth-order valence-corrected chi connectivity index (χ4v) is 8.84. The number of aromatic nitrogens is 10. The standard InChI is InChI=1S/C11H15N3.C11H14N2O.C11H12N2.C9H10N2.C8H7BrN2.C7H13NO3.C3H6O.4C2H6.CH4.Ac/c1-14-11-7-3-2-5-9(11)10(13-14)6-4-8-12;1-13-11-7-3-2-5-9(11)10(12-13)6-4-8-14;1-3-6-10-9-7-4-5-8-11(9)13(2)12-10;1-7-8-5-3-4-6-9(8)11(2)10-7;1-11-7-5-3-2-4-6(7)8(9)10-11;1-4(7(10)11)5(2)8-6(3)9;1-2-3-4;4*1-2;;/h2-3,5,7H,4,6,8,12H2,1H3;2-3,5,7,14H,4,6,8H2,1H3;3-5,7-8H,1,6H2,2H3;3-6H,1-2H3;2-5H,1H3;4-5H,1-3H3,(H,8,9)(H,10,11);2,4H,1,3H2;4*1-2H3;1H4;. The van der Waals surface area contributed by atoms with Crippen molar-refractivity contribution in [2.75, 3.05) is 19.8 Å². The molecular formula is C69H105AcBrN12O5. The summed E-state index contributed by atoms with van der Waals surface area (Å²) in [6.07, 6.45) is 7.74. The minimum atomic E-state index is -0.897. The van der Waals surface area contributed by atoms with Crippen LogP contribution in [0.2, 0.25) is 0 Å². The summed E-state index contributed by atoms with van der Waals surface area (Å²) in [4.78, 5) is 20.8. The third kappa shape index (κ3) is 28.0. The minimum absolute atomic E-state index is 0. The molecule has 0 aliphatic rings. The van der Waals surface area contributed by atoms with Gasteiger partial charge in [-0.3, -0.25) is 33.0 Å². The maximum absolute atomic E-state index is 10.5. The van der Waals surface area contributed by atoms with Crippen LogP contribution >= 0.6 is 15.9 Å². The maximum atomic E-state index is 10.5. The molecule has 0 saturated carbocycles. The van der Waals surface area contributed by atoms with Crippen molar-refractivity contribution >= 4 is 82.3 Å². The molecule has 6 N–H and O–H groups in total. The molecular weight excluding hydrogens is 1380 g/mol. The van der Waals surface area contributed by atoms with Crippen molar-refractivity contribution in [2.24, 2.45) is 46.9 Å². The van der Waals surface area contributed by atoms with E-state index in [1.54, 1.807) is 13.8 Å². The summed E-state index contributed by atoms with van der Waals surface area (Å²) in [7, 11) is 9.80. The van der Waals surface area contributed by atoms with Crippen LogP contribution in [0.3, 0.4) is 0 Å². The van der Waals surface area contributed by atoms with Gasteiger partial charge in [0.1, 0.15) is 4.60 Å². The van der Waals surface area contributed by atoms with Gasteiger partial charge in [0.2, 0.25) is 5.91 Å². The number of aliphatic hydroxyl groups excluding tert-OH is 2. The number of carbonyl (C=O) groups excluding carboxylic acids is 1. The molecule has 10 aromatic rings. The van der Waals surface area contributed by atoms with Gasteiger partial charge in [-0.25, -0.2) is 0 Å². The summed E-state index contributed by atoms with van der Waals surface area (Å²) >= 11 is 3.39. The molecule has 1 radical (unpaired) electrons. The summed E-state index contributed by atoms with van der Waals surface area (Å²) in [6, 6.07) is 40.8. The molecule has 2 unspecified atom stereocenters. The Morgan fingerprint density at radius 2 is 0.875 bits per heavy atom. The van der Waals surface area contributed by atoms with Gasteiger partial charge in [-0.15, -0.1) is 13.2 Å². The van der Waals surface area contributed by atoms with E-state index < -0.39 is 11.9 Å². The fourth-order valence-electron chi connectivity index (χ4n) is 8.26. The number of aryl methyl sites for hydroxylation is 8. The van der Waals surface area contributed by atoms with E-state index in [1.165, 1.54) is 51.1 Å². The van der Waals surface area contributed by atoms with Gasteiger partial charge in [0.25, 0.3) is 0 Å². The van der Waals surface area contributed by atoms with Crippen LogP contribution in [0.25, 0.3) is 54.5 Å². The maximum Gasteiger partial charge on any atom is 0.308 e. The van der Waals surface area contributed by atoms with Gasteiger partial charge in [0, 0.05) is 132 Å². The predicted octanol–water partition coefficient (Wildman–Crippen LogP) is 14.6. The molecule has 19 heteroatoms. The Labute approximate surface area is 570 Å². The number of aliphatic carboxylic acids is 1. The minimum Gasteiger partial charge on any atom is -0.481 e. The number of fused-ring (bicyclic) bond motifs is 5. The second-order valence-corrected chi connectivity index (χ2v) is 19.0. The van der Waals surface area contributed by atoms with Crippen molar-refractivity contribution in [3.05, 3.63) is 174 Å². The first kappa shape index (κ1) is 85.9. The summed E-state index contributed by atoms with van der Waals surface area (Å²) in [5.41, 5.74) is 15.8. The number of nitrogens with one attached hydrogen (secondary N) is 1. The Morgan fingerprint density at radius 1 is 0.557 bits per heavy atom. The van der Waals surface area contributed by atoms with Crippen LogP contribution in [0.5, 0.6) is 0 Å². The molecule has 0 aliphatic carbocycles. The second kappa shape index (κ2) is 49.5. The van der Waals surface area contributed by atoms with E-state index in [-0.39, 0.29) is 76.7 Å². The summed E-state index contributed by atoms with van der Waals surface area (Å²) in [6.45, 7) is 30.6. The van der Waals surface area contributed by atoms with Crippen LogP contribution in [0.15, 0.2) is 151 Å². The number of nitrogens with two attached hydrogens (primary N) is 1. The Hall–Kier alpha value is -6.33. The van der Waals surface area contributed by atoms with E-state index in [0.717, 1.165) is 82.4 Å². The van der Waals surface area contributed by atoms with Gasteiger partial charge in [0.15, 0.2) is 0 Å². The summed E-state index contributed by atoms with van der Waals surface area (Å²) in [5.74, 6) is -1.64. The van der Waals surface area contributed by atoms with Crippen molar-refractivity contribution in [1.82, 2.24) is 54.2 Å². The van der Waals surface area contributed by atoms with Crippen LogP contribution in [-0.2, 0) is 64.1 Å². The Bertz CT molecular complexity index is 3260. The van der Waals surface area contributed by atoms with Crippen molar-refractivity contribution in [3.8, 4) is 0 Å². The van der Waals surface area contributed by atoms with E-state index in [4.69, 9.17) is 21.1 Å². The average molecular weight is 1490 g/mol. The van der Waals surface area contributed by atoms with Crippen LogP contribution in [0.4, 0.5) is 0 Å². The molecule has 481 valence electrons. The average Bonchev–Trinajstić information content (AvgIpc) is 2.96. The molecule has 0 aliphatic heterocycles. The second-order valence-electron chi connectivity index (χ2n) is 18.2. The normalized spacial score (nSPS) is 10.2. The SMILES string of the molecule is C.C=CCO.C=CCc1nn(C)c2ccccc12.CC.CC.CC.CC.CC(=O)NC(C)C(C)C(=O)O.Cc1nn(C)c2ccccc12.Cn1nc(Br)c2ccccc21.Cn1nc(CCCN)c2ccccc21.Cn1nc(CCCO)c2ccccc21.[Ac]. The number of allylic oxidation sites excluding steroid dienone is 1. The monoisotopic (exact) mass is 1490 g/mol. The zero-order valence-electron chi connectivity index (χ0n) is 55.1. The van der Waals surface area contributed by atoms with Crippen LogP contribution in [0.1, 0.15) is 119 Å².